The average Bonchev–Trinajstić information content (AvgIpc) is 3.36. The van der Waals surface area contributed by atoms with Gasteiger partial charge in [0.2, 0.25) is 23.6 Å². The van der Waals surface area contributed by atoms with Gasteiger partial charge in [0.15, 0.2) is 0 Å². The summed E-state index contributed by atoms with van der Waals surface area (Å²) in [7, 11) is -4.78. The summed E-state index contributed by atoms with van der Waals surface area (Å²) in [5.41, 5.74) is 4.11. The number of aryl methyl sites for hydroxylation is 1. The van der Waals surface area contributed by atoms with Crippen molar-refractivity contribution in [2.24, 2.45) is 5.73 Å². The van der Waals surface area contributed by atoms with Crippen molar-refractivity contribution in [2.75, 3.05) is 18.1 Å². The van der Waals surface area contributed by atoms with E-state index in [0.29, 0.717) is 42.5 Å². The lowest BCUT2D eigenvalue weighted by atomic mass is 10.0. The minimum Gasteiger partial charge on any atom is -0.370 e. The van der Waals surface area contributed by atoms with Gasteiger partial charge in [-0.3, -0.25) is 28.6 Å². The first-order valence-corrected chi connectivity index (χ1v) is 17.2. The van der Waals surface area contributed by atoms with E-state index in [1.54, 1.807) is 13.8 Å². The molecule has 0 radical (unpaired) electrons. The van der Waals surface area contributed by atoms with Crippen LogP contribution in [0, 0.1) is 0 Å². The fourth-order valence-corrected chi connectivity index (χ4v) is 7.41. The van der Waals surface area contributed by atoms with Crippen molar-refractivity contribution in [1.82, 2.24) is 10.6 Å². The van der Waals surface area contributed by atoms with Crippen molar-refractivity contribution in [2.45, 2.75) is 83.6 Å². The third-order valence-corrected chi connectivity index (χ3v) is 10.4. The van der Waals surface area contributed by atoms with Crippen molar-refractivity contribution in [3.05, 3.63) is 70.8 Å². The van der Waals surface area contributed by atoms with E-state index in [1.165, 1.54) is 37.0 Å². The van der Waals surface area contributed by atoms with Gasteiger partial charge >= 0.3 is 13.3 Å². The molecule has 3 atom stereocenters. The SMILES string of the molecule is CCOP(=O)(OCC)C(F)(F)c1ccc(C(C)=CC(=O)NC2CCc3cccc4c3N(C2=O)C(C(=O)NC(C)CCC(N)=O)C4)cc1. The van der Waals surface area contributed by atoms with Gasteiger partial charge in [0.25, 0.3) is 0 Å². The number of allylic oxidation sites excluding steroid dienone is 1. The molecule has 0 saturated heterocycles. The van der Waals surface area contributed by atoms with Crippen LogP contribution < -0.4 is 21.3 Å². The largest absolute Gasteiger partial charge is 0.404 e. The molecule has 11 nitrogen and oxygen atoms in total. The van der Waals surface area contributed by atoms with Gasteiger partial charge in [-0.15, -0.1) is 0 Å². The number of alkyl halides is 2. The van der Waals surface area contributed by atoms with Crippen molar-refractivity contribution in [3.63, 3.8) is 0 Å². The highest BCUT2D eigenvalue weighted by molar-refractivity contribution is 7.54. The molecule has 4 rings (SSSR count). The maximum Gasteiger partial charge on any atom is 0.404 e. The number of carbonyl (C=O) groups is 4. The number of nitrogens with two attached hydrogens (primary N) is 1. The third kappa shape index (κ3) is 7.80. The molecule has 4 N–H and O–H groups in total. The minimum absolute atomic E-state index is 0.112. The van der Waals surface area contributed by atoms with Crippen LogP contribution in [0.1, 0.15) is 69.2 Å². The van der Waals surface area contributed by atoms with Crippen LogP contribution in [0.3, 0.4) is 0 Å². The molecule has 0 saturated carbocycles. The Hall–Kier alpha value is -3.93. The molecule has 3 unspecified atom stereocenters. The predicted octanol–water partition coefficient (Wildman–Crippen LogP) is 4.56. The molecule has 0 bridgehead atoms. The summed E-state index contributed by atoms with van der Waals surface area (Å²) in [6.07, 6.45) is 2.84. The quantitative estimate of drug-likeness (QED) is 0.196. The van der Waals surface area contributed by atoms with E-state index in [9.17, 15) is 23.7 Å². The zero-order valence-corrected chi connectivity index (χ0v) is 27.8. The van der Waals surface area contributed by atoms with Crippen molar-refractivity contribution < 1.29 is 41.6 Å². The highest BCUT2D eigenvalue weighted by atomic mass is 31.2. The number of primary amides is 1. The zero-order chi connectivity index (χ0) is 34.5. The summed E-state index contributed by atoms with van der Waals surface area (Å²) >= 11 is 0. The first kappa shape index (κ1) is 35.9. The van der Waals surface area contributed by atoms with Gasteiger partial charge in [-0.05, 0) is 69.2 Å². The molecule has 4 amide bonds. The van der Waals surface area contributed by atoms with Gasteiger partial charge in [-0.25, -0.2) is 0 Å². The van der Waals surface area contributed by atoms with Crippen LogP contribution >= 0.6 is 7.60 Å². The Kier molecular flexibility index (Phi) is 11.4. The lowest BCUT2D eigenvalue weighted by Gasteiger charge is -2.28. The van der Waals surface area contributed by atoms with Crippen LogP contribution in [0.4, 0.5) is 14.5 Å². The maximum absolute atomic E-state index is 15.1. The number of rotatable bonds is 14. The fraction of sp³-hybridized carbons (Fsp3) is 0.455. The van der Waals surface area contributed by atoms with E-state index in [4.69, 9.17) is 14.8 Å². The highest BCUT2D eigenvalue weighted by Crippen LogP contribution is 2.66. The Morgan fingerprint density at radius 1 is 1.11 bits per heavy atom. The van der Waals surface area contributed by atoms with Gasteiger partial charge < -0.3 is 25.4 Å². The number of benzene rings is 2. The first-order chi connectivity index (χ1) is 22.2. The second kappa shape index (κ2) is 14.9. The third-order valence-electron chi connectivity index (χ3n) is 8.22. The molecule has 0 aliphatic carbocycles. The predicted molar refractivity (Wildman–Crippen MR) is 173 cm³/mol. The highest BCUT2D eigenvalue weighted by Gasteiger charge is 2.54. The summed E-state index contributed by atoms with van der Waals surface area (Å²) in [6.45, 7) is 5.83. The average molecular weight is 675 g/mol. The maximum atomic E-state index is 15.1. The number of hydrogen-bond donors (Lipinski definition) is 3. The van der Waals surface area contributed by atoms with Crippen LogP contribution in [0.5, 0.6) is 0 Å². The number of amides is 4. The zero-order valence-electron chi connectivity index (χ0n) is 26.9. The number of halogens is 2. The summed E-state index contributed by atoms with van der Waals surface area (Å²) in [4.78, 5) is 53.1. The van der Waals surface area contributed by atoms with Crippen LogP contribution in [0.15, 0.2) is 48.5 Å². The lowest BCUT2D eigenvalue weighted by molar-refractivity contribution is -0.128. The summed E-state index contributed by atoms with van der Waals surface area (Å²) in [6, 6.07) is 8.50. The molecule has 0 aromatic heterocycles. The molecule has 2 aliphatic heterocycles. The number of nitrogens with one attached hydrogen (secondary N) is 2. The van der Waals surface area contributed by atoms with E-state index in [-0.39, 0.29) is 31.6 Å². The Balaban J connectivity index is 1.49. The number of nitrogens with zero attached hydrogens (tertiary/aromatic N) is 1. The number of para-hydroxylation sites is 1. The second-order valence-electron chi connectivity index (χ2n) is 11.6. The van der Waals surface area contributed by atoms with Crippen molar-refractivity contribution >= 4 is 42.5 Å². The fourth-order valence-electron chi connectivity index (χ4n) is 5.87. The van der Waals surface area contributed by atoms with E-state index in [1.807, 2.05) is 18.2 Å². The molecule has 2 aromatic rings. The standard InChI is InChI=1S/C33H41F2N4O7P/c1-5-45-47(44,46-6-2)33(34,35)25-14-11-22(12-15-25)20(3)18-29(41)38-26-16-13-23-8-7-9-24-19-27(39(30(23)24)32(26)43)31(42)37-21(4)10-17-28(36)40/h7-9,11-12,14-15,18,21,26-27H,5-6,10,13,16-17,19H2,1-4H3,(H2,36,40)(H,37,42)(H,38,41). The van der Waals surface area contributed by atoms with E-state index < -0.39 is 48.6 Å². The molecule has 47 heavy (non-hydrogen) atoms. The van der Waals surface area contributed by atoms with Gasteiger partial charge in [-0.2, -0.15) is 8.78 Å². The van der Waals surface area contributed by atoms with Crippen LogP contribution in [-0.4, -0.2) is 55.0 Å². The minimum atomic E-state index is -4.78. The van der Waals surface area contributed by atoms with Gasteiger partial charge in [0.1, 0.15) is 12.1 Å². The number of anilines is 1. The topological polar surface area (TPSA) is 157 Å². The van der Waals surface area contributed by atoms with Gasteiger partial charge in [0.05, 0.1) is 18.9 Å². The van der Waals surface area contributed by atoms with Crippen molar-refractivity contribution in [1.29, 1.82) is 0 Å². The number of carbonyl (C=O) groups excluding carboxylic acids is 4. The van der Waals surface area contributed by atoms with Gasteiger partial charge in [0, 0.05) is 30.5 Å². The van der Waals surface area contributed by atoms with E-state index >= 15 is 8.78 Å². The monoisotopic (exact) mass is 674 g/mol. The van der Waals surface area contributed by atoms with E-state index in [2.05, 4.69) is 10.6 Å². The molecule has 2 aromatic carbocycles. The van der Waals surface area contributed by atoms with Crippen LogP contribution in [0.2, 0.25) is 0 Å². The van der Waals surface area contributed by atoms with Crippen LogP contribution in [-0.2, 0) is 51.3 Å². The van der Waals surface area contributed by atoms with Crippen molar-refractivity contribution in [3.8, 4) is 0 Å². The molecular formula is C33H41F2N4O7P. The summed E-state index contributed by atoms with van der Waals surface area (Å²) in [5.74, 6) is -1.83. The summed E-state index contributed by atoms with van der Waals surface area (Å²) < 4.78 is 52.8. The molecule has 14 heteroatoms. The Bertz CT molecular complexity index is 1590. The smallest absolute Gasteiger partial charge is 0.370 e. The molecule has 0 spiro atoms. The van der Waals surface area contributed by atoms with E-state index in [0.717, 1.165) is 23.3 Å². The molecular weight excluding hydrogens is 633 g/mol. The van der Waals surface area contributed by atoms with Crippen LogP contribution in [0.25, 0.3) is 5.57 Å². The first-order valence-electron chi connectivity index (χ1n) is 15.6. The molecule has 254 valence electrons. The Morgan fingerprint density at radius 2 is 1.74 bits per heavy atom. The Labute approximate surface area is 272 Å². The second-order valence-corrected chi connectivity index (χ2v) is 13.7. The Morgan fingerprint density at radius 3 is 2.36 bits per heavy atom. The molecule has 2 heterocycles. The summed E-state index contributed by atoms with van der Waals surface area (Å²) in [5, 5.41) is 5.65. The normalized spacial score (nSPS) is 18.7. The number of hydrogen-bond acceptors (Lipinski definition) is 7. The lowest BCUT2D eigenvalue weighted by Crippen LogP contribution is -2.55. The molecule has 2 aliphatic rings. The van der Waals surface area contributed by atoms with Gasteiger partial charge in [-0.1, -0.05) is 42.5 Å². The molecule has 0 fully saturated rings.